The Morgan fingerprint density at radius 3 is 2.62 bits per heavy atom. The molecule has 1 aromatic heterocycles. The molecule has 0 aliphatic heterocycles. The van der Waals surface area contributed by atoms with Crippen LogP contribution in [0.2, 0.25) is 10.2 Å². The Balaban J connectivity index is 2.39. The van der Waals surface area contributed by atoms with Crippen molar-refractivity contribution in [2.45, 2.75) is 0 Å². The van der Waals surface area contributed by atoms with Crippen molar-refractivity contribution in [2.24, 2.45) is 0 Å². The van der Waals surface area contributed by atoms with Gasteiger partial charge in [-0.05, 0) is 28.1 Å². The number of rotatable bonds is 2. The molecule has 2 aromatic rings. The van der Waals surface area contributed by atoms with Gasteiger partial charge >= 0.3 is 0 Å². The van der Waals surface area contributed by atoms with Gasteiger partial charge in [-0.25, -0.2) is 4.39 Å². The average Bonchev–Trinajstić information content (AvgIpc) is 2.57. The highest BCUT2D eigenvalue weighted by Gasteiger charge is 2.12. The van der Waals surface area contributed by atoms with Gasteiger partial charge in [0.2, 0.25) is 0 Å². The van der Waals surface area contributed by atoms with Gasteiger partial charge in [0.15, 0.2) is 11.0 Å². The van der Waals surface area contributed by atoms with E-state index in [0.717, 1.165) is 11.7 Å². The molecule has 84 valence electrons. The van der Waals surface area contributed by atoms with E-state index in [1.807, 2.05) is 0 Å². The number of benzene rings is 1. The molecule has 2 rings (SSSR count). The molecular formula is C8H3BrCl2FN3S. The van der Waals surface area contributed by atoms with E-state index in [1.165, 1.54) is 12.1 Å². The fraction of sp³-hybridized carbons (Fsp3) is 0. The van der Waals surface area contributed by atoms with Crippen molar-refractivity contribution in [3.05, 3.63) is 32.6 Å². The maximum absolute atomic E-state index is 13.0. The molecule has 0 bridgehead atoms. The highest BCUT2D eigenvalue weighted by Crippen LogP contribution is 2.35. The predicted molar refractivity (Wildman–Crippen MR) is 67.3 cm³/mol. The molecule has 0 radical (unpaired) electrons. The van der Waals surface area contributed by atoms with Gasteiger partial charge < -0.3 is 5.32 Å². The van der Waals surface area contributed by atoms with E-state index in [1.54, 1.807) is 0 Å². The SMILES string of the molecule is Fc1cc(Cl)c(Nc2nsnc2Cl)c(Br)c1. The fourth-order valence-corrected chi connectivity index (χ4v) is 2.58. The zero-order valence-corrected chi connectivity index (χ0v) is 11.4. The summed E-state index contributed by atoms with van der Waals surface area (Å²) in [5, 5.41) is 3.36. The van der Waals surface area contributed by atoms with E-state index in [4.69, 9.17) is 23.2 Å². The maximum atomic E-state index is 13.0. The normalized spacial score (nSPS) is 10.5. The van der Waals surface area contributed by atoms with Gasteiger partial charge in [-0.2, -0.15) is 8.75 Å². The molecule has 0 aliphatic rings. The first-order valence-corrected chi connectivity index (χ1v) is 6.25. The van der Waals surface area contributed by atoms with Crippen LogP contribution >= 0.6 is 50.9 Å². The third-order valence-corrected chi connectivity index (χ3v) is 3.51. The van der Waals surface area contributed by atoms with Crippen molar-refractivity contribution in [2.75, 3.05) is 5.32 Å². The van der Waals surface area contributed by atoms with Crippen LogP contribution in [0.5, 0.6) is 0 Å². The van der Waals surface area contributed by atoms with Gasteiger partial charge in [0.1, 0.15) is 5.82 Å². The predicted octanol–water partition coefficient (Wildman–Crippen LogP) is 4.49. The van der Waals surface area contributed by atoms with Crippen molar-refractivity contribution in [1.29, 1.82) is 0 Å². The van der Waals surface area contributed by atoms with Crippen molar-refractivity contribution < 1.29 is 4.39 Å². The molecule has 1 N–H and O–H groups in total. The number of aromatic nitrogens is 2. The van der Waals surface area contributed by atoms with E-state index < -0.39 is 5.82 Å². The summed E-state index contributed by atoms with van der Waals surface area (Å²) >= 11 is 15.8. The molecule has 0 saturated carbocycles. The highest BCUT2D eigenvalue weighted by atomic mass is 79.9. The minimum atomic E-state index is -0.426. The van der Waals surface area contributed by atoms with Crippen LogP contribution in [0.3, 0.4) is 0 Å². The largest absolute Gasteiger partial charge is 0.335 e. The Morgan fingerprint density at radius 2 is 2.06 bits per heavy atom. The molecule has 0 amide bonds. The zero-order valence-electron chi connectivity index (χ0n) is 7.47. The summed E-state index contributed by atoms with van der Waals surface area (Å²) < 4.78 is 21.2. The van der Waals surface area contributed by atoms with Crippen LogP contribution in [0.1, 0.15) is 0 Å². The standard InChI is InChI=1S/C8H3BrCl2FN3S/c9-4-1-3(12)2-5(10)6(4)13-8-7(11)14-16-15-8/h1-2H,(H,13,15). The summed E-state index contributed by atoms with van der Waals surface area (Å²) in [6.07, 6.45) is 0. The second-order valence-electron chi connectivity index (χ2n) is 2.77. The van der Waals surface area contributed by atoms with E-state index in [9.17, 15) is 4.39 Å². The number of nitrogens with zero attached hydrogens (tertiary/aromatic N) is 2. The second kappa shape index (κ2) is 4.83. The van der Waals surface area contributed by atoms with Crippen molar-refractivity contribution in [1.82, 2.24) is 8.75 Å². The second-order valence-corrected chi connectivity index (χ2v) is 4.92. The summed E-state index contributed by atoms with van der Waals surface area (Å²) in [7, 11) is 0. The quantitative estimate of drug-likeness (QED) is 0.873. The van der Waals surface area contributed by atoms with Gasteiger partial charge in [0.25, 0.3) is 0 Å². The Kier molecular flexibility index (Phi) is 3.63. The van der Waals surface area contributed by atoms with E-state index in [2.05, 4.69) is 30.0 Å². The van der Waals surface area contributed by atoms with E-state index in [-0.39, 0.29) is 10.2 Å². The lowest BCUT2D eigenvalue weighted by Gasteiger charge is -2.08. The van der Waals surface area contributed by atoms with E-state index in [0.29, 0.717) is 16.0 Å². The zero-order chi connectivity index (χ0) is 11.7. The van der Waals surface area contributed by atoms with E-state index >= 15 is 0 Å². The lowest BCUT2D eigenvalue weighted by molar-refractivity contribution is 0.627. The summed E-state index contributed by atoms with van der Waals surface area (Å²) in [6.45, 7) is 0. The minimum absolute atomic E-state index is 0.232. The topological polar surface area (TPSA) is 37.8 Å². The average molecular weight is 343 g/mol. The summed E-state index contributed by atoms with van der Waals surface area (Å²) in [6, 6.07) is 2.49. The fourth-order valence-electron chi connectivity index (χ4n) is 1.03. The van der Waals surface area contributed by atoms with Crippen LogP contribution < -0.4 is 5.32 Å². The van der Waals surface area contributed by atoms with Gasteiger partial charge in [-0.15, -0.1) is 0 Å². The van der Waals surface area contributed by atoms with Crippen LogP contribution in [-0.4, -0.2) is 8.75 Å². The van der Waals surface area contributed by atoms with Crippen molar-refractivity contribution >= 4 is 62.4 Å². The van der Waals surface area contributed by atoms with Gasteiger partial charge in [0, 0.05) is 4.47 Å². The third-order valence-electron chi connectivity index (χ3n) is 1.70. The summed E-state index contributed by atoms with van der Waals surface area (Å²) in [5.74, 6) is -0.0363. The monoisotopic (exact) mass is 341 g/mol. The van der Waals surface area contributed by atoms with Crippen LogP contribution in [0, 0.1) is 5.82 Å². The number of hydrogen-bond donors (Lipinski definition) is 1. The molecule has 0 fully saturated rings. The highest BCUT2D eigenvalue weighted by molar-refractivity contribution is 9.10. The van der Waals surface area contributed by atoms with Crippen LogP contribution in [0.15, 0.2) is 16.6 Å². The molecule has 0 spiro atoms. The smallest absolute Gasteiger partial charge is 0.187 e. The first kappa shape index (κ1) is 12.0. The molecule has 8 heteroatoms. The number of hydrogen-bond acceptors (Lipinski definition) is 4. The Hall–Kier alpha value is -0.430. The molecule has 0 unspecified atom stereocenters. The Bertz CT molecular complexity index is 511. The lowest BCUT2D eigenvalue weighted by atomic mass is 10.3. The number of anilines is 2. The third kappa shape index (κ3) is 2.45. The van der Waals surface area contributed by atoms with Crippen molar-refractivity contribution in [3.63, 3.8) is 0 Å². The molecule has 0 atom stereocenters. The maximum Gasteiger partial charge on any atom is 0.187 e. The molecule has 16 heavy (non-hydrogen) atoms. The molecule has 1 aromatic carbocycles. The summed E-state index contributed by atoms with van der Waals surface area (Å²) in [4.78, 5) is 0. The molecule has 3 nitrogen and oxygen atoms in total. The molecular weight excluding hydrogens is 340 g/mol. The first-order chi connectivity index (χ1) is 7.58. The van der Waals surface area contributed by atoms with Gasteiger partial charge in [0.05, 0.1) is 22.4 Å². The Labute approximate surface area is 113 Å². The molecule has 0 aliphatic carbocycles. The number of halogens is 4. The molecule has 1 heterocycles. The van der Waals surface area contributed by atoms with Crippen LogP contribution in [0.4, 0.5) is 15.9 Å². The van der Waals surface area contributed by atoms with Gasteiger partial charge in [-0.3, -0.25) is 0 Å². The molecule has 0 saturated heterocycles. The lowest BCUT2D eigenvalue weighted by Crippen LogP contribution is -1.94. The van der Waals surface area contributed by atoms with Crippen molar-refractivity contribution in [3.8, 4) is 0 Å². The van der Waals surface area contributed by atoms with Crippen LogP contribution in [-0.2, 0) is 0 Å². The first-order valence-electron chi connectivity index (χ1n) is 3.97. The van der Waals surface area contributed by atoms with Gasteiger partial charge in [-0.1, -0.05) is 23.2 Å². The minimum Gasteiger partial charge on any atom is -0.335 e. The number of nitrogens with one attached hydrogen (secondary N) is 1. The van der Waals surface area contributed by atoms with Crippen LogP contribution in [0.25, 0.3) is 0 Å². The Morgan fingerprint density at radius 1 is 1.31 bits per heavy atom. The summed E-state index contributed by atoms with van der Waals surface area (Å²) in [5.41, 5.74) is 0.498.